The number of ether oxygens (including phenoxy) is 3. The van der Waals surface area contributed by atoms with Gasteiger partial charge in [-0.05, 0) is 30.5 Å². The molecule has 2 aromatic carbocycles. The van der Waals surface area contributed by atoms with E-state index in [-0.39, 0.29) is 9.79 Å². The molecule has 0 aliphatic carbocycles. The van der Waals surface area contributed by atoms with Crippen molar-refractivity contribution in [3.05, 3.63) is 65.5 Å². The molecule has 0 aromatic heterocycles. The number of hydrogen-bond acceptors (Lipinski definition) is 10. The van der Waals surface area contributed by atoms with Gasteiger partial charge in [0.25, 0.3) is 0 Å². The van der Waals surface area contributed by atoms with Crippen LogP contribution in [0.4, 0.5) is 5.69 Å². The maximum atomic E-state index is 11.7. The lowest BCUT2D eigenvalue weighted by Crippen LogP contribution is -2.17. The van der Waals surface area contributed by atoms with Crippen molar-refractivity contribution < 1.29 is 40.6 Å². The van der Waals surface area contributed by atoms with Crippen LogP contribution in [0, 0.1) is 6.57 Å². The number of hydrogen-bond donors (Lipinski definition) is 1. The first kappa shape index (κ1) is 31.7. The fraction of sp³-hybridized carbons (Fsp3) is 0.375. The third-order valence-electron chi connectivity index (χ3n) is 4.74. The van der Waals surface area contributed by atoms with Gasteiger partial charge in [-0.1, -0.05) is 36.4 Å². The summed E-state index contributed by atoms with van der Waals surface area (Å²) in [7, 11) is -5.01. The highest BCUT2D eigenvalue weighted by Crippen LogP contribution is 2.17. The minimum atomic E-state index is -3.67. The van der Waals surface area contributed by atoms with Gasteiger partial charge in [0.05, 0.1) is 30.6 Å². The fourth-order valence-electron chi connectivity index (χ4n) is 2.67. The molecule has 2 N–H and O–H groups in total. The Balaban J connectivity index is 0.000000311. The van der Waals surface area contributed by atoms with E-state index in [1.807, 2.05) is 0 Å². The number of esters is 2. The van der Waals surface area contributed by atoms with Crippen molar-refractivity contribution in [3.63, 3.8) is 0 Å². The molecule has 1 fully saturated rings. The van der Waals surface area contributed by atoms with E-state index in [1.165, 1.54) is 49.2 Å². The van der Waals surface area contributed by atoms with Crippen LogP contribution in [0.15, 0.2) is 58.3 Å². The van der Waals surface area contributed by atoms with Gasteiger partial charge in [-0.15, -0.1) is 0 Å². The lowest BCUT2D eigenvalue weighted by atomic mass is 10.2. The molecule has 1 aliphatic heterocycles. The first-order valence-corrected chi connectivity index (χ1v) is 14.2. The molecule has 11 nitrogen and oxygen atoms in total. The standard InChI is InChI=1S/C10H9NO4S.C10H13NO4S.C4H8O/c1-11-8-3-5-9(6-4-8)16(13,14)7-10(12)15-2;1-15-10(12)7-16(13,14)9-4-2-8(6-11)3-5-9;1-2-4-5-3-1/h3-6H,7H2,2H3;2-5H,6-7,11H2,1H3;1-4H2. The molecule has 3 rings (SSSR count). The number of nitrogens with zero attached hydrogens (tertiary/aromatic N) is 1. The van der Waals surface area contributed by atoms with Gasteiger partial charge in [-0.2, -0.15) is 0 Å². The summed E-state index contributed by atoms with van der Waals surface area (Å²) in [6.07, 6.45) is 2.56. The Morgan fingerprint density at radius 1 is 0.838 bits per heavy atom. The molecule has 0 saturated carbocycles. The second-order valence-electron chi connectivity index (χ2n) is 7.44. The van der Waals surface area contributed by atoms with Crippen LogP contribution >= 0.6 is 0 Å². The van der Waals surface area contributed by atoms with Gasteiger partial charge in [0.2, 0.25) is 0 Å². The summed E-state index contributed by atoms with van der Waals surface area (Å²) in [4.78, 5) is 25.0. The molecule has 13 heteroatoms. The minimum Gasteiger partial charge on any atom is -0.468 e. The summed E-state index contributed by atoms with van der Waals surface area (Å²) < 4.78 is 60.1. The zero-order valence-corrected chi connectivity index (χ0v) is 22.2. The molecule has 1 heterocycles. The van der Waals surface area contributed by atoms with E-state index in [1.54, 1.807) is 12.1 Å². The van der Waals surface area contributed by atoms with Crippen LogP contribution in [0.1, 0.15) is 18.4 Å². The van der Waals surface area contributed by atoms with E-state index >= 15 is 0 Å². The maximum absolute atomic E-state index is 11.7. The van der Waals surface area contributed by atoms with Crippen molar-refractivity contribution in [2.45, 2.75) is 29.2 Å². The van der Waals surface area contributed by atoms with E-state index in [0.717, 1.165) is 33.0 Å². The van der Waals surface area contributed by atoms with E-state index in [2.05, 4.69) is 14.3 Å². The molecule has 0 bridgehead atoms. The quantitative estimate of drug-likeness (QED) is 0.396. The lowest BCUT2D eigenvalue weighted by molar-refractivity contribution is -0.138. The van der Waals surface area contributed by atoms with Crippen molar-refractivity contribution in [3.8, 4) is 0 Å². The molecule has 1 saturated heterocycles. The Bertz CT molecular complexity index is 1260. The number of sulfone groups is 2. The summed E-state index contributed by atoms with van der Waals surface area (Å²) >= 11 is 0. The number of methoxy groups -OCH3 is 2. The molecular weight excluding hydrogens is 524 g/mol. The number of carbonyl (C=O) groups is 2. The Labute approximate surface area is 217 Å². The molecule has 2 aromatic rings. The van der Waals surface area contributed by atoms with Gasteiger partial charge in [0.1, 0.15) is 0 Å². The van der Waals surface area contributed by atoms with Crippen molar-refractivity contribution in [2.24, 2.45) is 5.73 Å². The Morgan fingerprint density at radius 3 is 1.54 bits per heavy atom. The van der Waals surface area contributed by atoms with Crippen LogP contribution in [0.2, 0.25) is 0 Å². The van der Waals surface area contributed by atoms with Crippen LogP contribution < -0.4 is 5.73 Å². The van der Waals surface area contributed by atoms with Crippen LogP contribution in [0.5, 0.6) is 0 Å². The summed E-state index contributed by atoms with van der Waals surface area (Å²) in [5, 5.41) is 0. The zero-order valence-electron chi connectivity index (χ0n) is 20.6. The van der Waals surface area contributed by atoms with Gasteiger partial charge in [-0.25, -0.2) is 21.7 Å². The van der Waals surface area contributed by atoms with Crippen LogP contribution in [0.25, 0.3) is 4.85 Å². The van der Waals surface area contributed by atoms with Crippen molar-refractivity contribution in [2.75, 3.05) is 38.9 Å². The van der Waals surface area contributed by atoms with Crippen LogP contribution in [-0.2, 0) is 50.0 Å². The highest BCUT2D eigenvalue weighted by molar-refractivity contribution is 7.92. The number of carbonyl (C=O) groups excluding carboxylic acids is 2. The van der Waals surface area contributed by atoms with Crippen LogP contribution in [0.3, 0.4) is 0 Å². The predicted molar refractivity (Wildman–Crippen MR) is 135 cm³/mol. The first-order valence-electron chi connectivity index (χ1n) is 10.9. The maximum Gasteiger partial charge on any atom is 0.321 e. The summed E-state index contributed by atoms with van der Waals surface area (Å²) in [6, 6.07) is 11.5. The topological polar surface area (TPSA) is 160 Å². The second kappa shape index (κ2) is 15.7. The summed E-state index contributed by atoms with van der Waals surface area (Å²) in [6.45, 7) is 9.06. The van der Waals surface area contributed by atoms with E-state index in [0.29, 0.717) is 12.2 Å². The molecular formula is C24H30N2O9S2. The Hall–Kier alpha value is -3.31. The van der Waals surface area contributed by atoms with Crippen molar-refractivity contribution in [1.29, 1.82) is 0 Å². The number of benzene rings is 2. The predicted octanol–water partition coefficient (Wildman–Crippen LogP) is 2.07. The molecule has 0 spiro atoms. The average Bonchev–Trinajstić information content (AvgIpc) is 3.49. The van der Waals surface area contributed by atoms with E-state index in [4.69, 9.17) is 17.0 Å². The van der Waals surface area contributed by atoms with Gasteiger partial charge in [0.15, 0.2) is 36.9 Å². The van der Waals surface area contributed by atoms with Crippen LogP contribution in [-0.4, -0.2) is 67.7 Å². The van der Waals surface area contributed by atoms with E-state index in [9.17, 15) is 26.4 Å². The second-order valence-corrected chi connectivity index (χ2v) is 11.4. The minimum absolute atomic E-state index is 0.00491. The largest absolute Gasteiger partial charge is 0.468 e. The van der Waals surface area contributed by atoms with Crippen molar-refractivity contribution in [1.82, 2.24) is 0 Å². The number of nitrogens with two attached hydrogens (primary N) is 1. The molecule has 1 aliphatic rings. The third-order valence-corrected chi connectivity index (χ3v) is 7.95. The molecule has 0 unspecified atom stereocenters. The molecule has 0 radical (unpaired) electrons. The Kier molecular flexibility index (Phi) is 13.5. The monoisotopic (exact) mass is 554 g/mol. The molecule has 37 heavy (non-hydrogen) atoms. The third kappa shape index (κ3) is 11.5. The van der Waals surface area contributed by atoms with Gasteiger partial charge in [-0.3, -0.25) is 9.59 Å². The van der Waals surface area contributed by atoms with Gasteiger partial charge >= 0.3 is 11.9 Å². The molecule has 0 atom stereocenters. The van der Waals surface area contributed by atoms with Crippen molar-refractivity contribution >= 4 is 37.3 Å². The number of rotatable bonds is 7. The lowest BCUT2D eigenvalue weighted by Gasteiger charge is -2.04. The summed E-state index contributed by atoms with van der Waals surface area (Å²) in [5.41, 5.74) is 6.56. The smallest absolute Gasteiger partial charge is 0.321 e. The fourth-order valence-corrected chi connectivity index (χ4v) is 4.96. The summed E-state index contributed by atoms with van der Waals surface area (Å²) in [5.74, 6) is -2.93. The van der Waals surface area contributed by atoms with Gasteiger partial charge in [0, 0.05) is 19.8 Å². The zero-order chi connectivity index (χ0) is 27.9. The molecule has 202 valence electrons. The normalized spacial score (nSPS) is 12.6. The van der Waals surface area contributed by atoms with Gasteiger partial charge < -0.3 is 19.9 Å². The van der Waals surface area contributed by atoms with E-state index < -0.39 is 43.1 Å². The Morgan fingerprint density at radius 2 is 1.24 bits per heavy atom. The first-order chi connectivity index (χ1) is 17.5. The highest BCUT2D eigenvalue weighted by Gasteiger charge is 2.20. The highest BCUT2D eigenvalue weighted by atomic mass is 32.2. The molecule has 0 amide bonds. The average molecular weight is 555 g/mol. The SMILES string of the molecule is C1CCOC1.COC(=O)CS(=O)(=O)c1ccc(CN)cc1.[C-]#[N+]c1ccc(S(=O)(=O)CC(=O)OC)cc1.